The van der Waals surface area contributed by atoms with Crippen molar-refractivity contribution in [3.63, 3.8) is 0 Å². The van der Waals surface area contributed by atoms with Gasteiger partial charge >= 0.3 is 0 Å². The van der Waals surface area contributed by atoms with Gasteiger partial charge < -0.3 is 15.2 Å². The van der Waals surface area contributed by atoms with Crippen LogP contribution in [0.4, 0.5) is 0 Å². The van der Waals surface area contributed by atoms with Crippen LogP contribution in [0.3, 0.4) is 0 Å². The molecule has 1 fully saturated rings. The molecule has 0 saturated heterocycles. The maximum atomic E-state index is 6.09. The SMILES string of the molecule is COCc1cccc(OC)c1C1(CN)CCCC1. The van der Waals surface area contributed by atoms with E-state index in [0.29, 0.717) is 13.2 Å². The van der Waals surface area contributed by atoms with Gasteiger partial charge in [-0.1, -0.05) is 25.0 Å². The first-order chi connectivity index (χ1) is 8.77. The average Bonchev–Trinajstić information content (AvgIpc) is 2.88. The summed E-state index contributed by atoms with van der Waals surface area (Å²) in [5.41, 5.74) is 8.66. The lowest BCUT2D eigenvalue weighted by molar-refractivity contribution is 0.182. The van der Waals surface area contributed by atoms with Gasteiger partial charge in [-0.05, 0) is 24.5 Å². The Balaban J connectivity index is 2.51. The molecular weight excluding hydrogens is 226 g/mol. The maximum absolute atomic E-state index is 6.09. The van der Waals surface area contributed by atoms with Crippen molar-refractivity contribution in [3.05, 3.63) is 29.3 Å². The Bertz CT molecular complexity index is 397. The molecule has 3 nitrogen and oxygen atoms in total. The predicted molar refractivity (Wildman–Crippen MR) is 72.9 cm³/mol. The summed E-state index contributed by atoms with van der Waals surface area (Å²) in [4.78, 5) is 0. The largest absolute Gasteiger partial charge is 0.496 e. The van der Waals surface area contributed by atoms with E-state index in [0.717, 1.165) is 18.6 Å². The Kier molecular flexibility index (Phi) is 4.25. The number of hydrogen-bond acceptors (Lipinski definition) is 3. The van der Waals surface area contributed by atoms with Gasteiger partial charge in [0.2, 0.25) is 0 Å². The zero-order valence-electron chi connectivity index (χ0n) is 11.4. The van der Waals surface area contributed by atoms with E-state index in [9.17, 15) is 0 Å². The molecule has 0 amide bonds. The Morgan fingerprint density at radius 3 is 2.50 bits per heavy atom. The Morgan fingerprint density at radius 2 is 1.94 bits per heavy atom. The molecule has 0 aliphatic heterocycles. The lowest BCUT2D eigenvalue weighted by atomic mass is 9.76. The quantitative estimate of drug-likeness (QED) is 0.872. The summed E-state index contributed by atoms with van der Waals surface area (Å²) < 4.78 is 10.9. The van der Waals surface area contributed by atoms with E-state index in [4.69, 9.17) is 15.2 Å². The second-order valence-electron chi connectivity index (χ2n) is 5.12. The molecule has 0 spiro atoms. The van der Waals surface area contributed by atoms with Crippen molar-refractivity contribution in [1.82, 2.24) is 0 Å². The van der Waals surface area contributed by atoms with Crippen molar-refractivity contribution in [2.75, 3.05) is 20.8 Å². The van der Waals surface area contributed by atoms with Gasteiger partial charge in [0.15, 0.2) is 0 Å². The number of methoxy groups -OCH3 is 2. The van der Waals surface area contributed by atoms with Crippen molar-refractivity contribution >= 4 is 0 Å². The summed E-state index contributed by atoms with van der Waals surface area (Å²) in [5, 5.41) is 0. The van der Waals surface area contributed by atoms with Crippen LogP contribution < -0.4 is 10.5 Å². The summed E-state index contributed by atoms with van der Waals surface area (Å²) in [7, 11) is 3.46. The second-order valence-corrected chi connectivity index (χ2v) is 5.12. The highest BCUT2D eigenvalue weighted by atomic mass is 16.5. The van der Waals surface area contributed by atoms with Crippen molar-refractivity contribution in [2.45, 2.75) is 37.7 Å². The van der Waals surface area contributed by atoms with E-state index < -0.39 is 0 Å². The monoisotopic (exact) mass is 249 g/mol. The average molecular weight is 249 g/mol. The molecule has 1 aliphatic carbocycles. The van der Waals surface area contributed by atoms with Crippen molar-refractivity contribution in [3.8, 4) is 5.75 Å². The van der Waals surface area contributed by atoms with Crippen LogP contribution in [0, 0.1) is 0 Å². The molecule has 1 saturated carbocycles. The molecule has 1 aromatic carbocycles. The number of ether oxygens (including phenoxy) is 2. The molecule has 100 valence electrons. The van der Waals surface area contributed by atoms with Gasteiger partial charge in [0.1, 0.15) is 5.75 Å². The van der Waals surface area contributed by atoms with Gasteiger partial charge in [-0.2, -0.15) is 0 Å². The number of nitrogens with two attached hydrogens (primary N) is 1. The molecule has 2 rings (SSSR count). The second kappa shape index (κ2) is 5.72. The summed E-state index contributed by atoms with van der Waals surface area (Å²) >= 11 is 0. The highest BCUT2D eigenvalue weighted by Crippen LogP contribution is 2.45. The molecule has 0 heterocycles. The fourth-order valence-electron chi connectivity index (χ4n) is 3.23. The summed E-state index contributed by atoms with van der Waals surface area (Å²) in [6.45, 7) is 1.30. The molecule has 2 N–H and O–H groups in total. The first kappa shape index (κ1) is 13.4. The molecule has 3 heteroatoms. The van der Waals surface area contributed by atoms with E-state index in [1.54, 1.807) is 14.2 Å². The fourth-order valence-corrected chi connectivity index (χ4v) is 3.23. The number of hydrogen-bond donors (Lipinski definition) is 1. The first-order valence-corrected chi connectivity index (χ1v) is 6.63. The van der Waals surface area contributed by atoms with Crippen LogP contribution in [-0.4, -0.2) is 20.8 Å². The van der Waals surface area contributed by atoms with Crippen molar-refractivity contribution in [2.24, 2.45) is 5.73 Å². The van der Waals surface area contributed by atoms with Crippen molar-refractivity contribution in [1.29, 1.82) is 0 Å². The van der Waals surface area contributed by atoms with Crippen LogP contribution >= 0.6 is 0 Å². The van der Waals surface area contributed by atoms with Crippen molar-refractivity contribution < 1.29 is 9.47 Å². The predicted octanol–water partition coefficient (Wildman–Crippen LogP) is 2.61. The Hall–Kier alpha value is -1.06. The summed E-state index contributed by atoms with van der Waals surface area (Å²) in [6.07, 6.45) is 4.81. The zero-order valence-corrected chi connectivity index (χ0v) is 11.4. The highest BCUT2D eigenvalue weighted by Gasteiger charge is 2.38. The normalized spacial score (nSPS) is 17.9. The van der Waals surface area contributed by atoms with Gasteiger partial charge in [0.05, 0.1) is 13.7 Å². The van der Waals surface area contributed by atoms with E-state index in [2.05, 4.69) is 6.07 Å². The van der Waals surface area contributed by atoms with E-state index >= 15 is 0 Å². The summed E-state index contributed by atoms with van der Waals surface area (Å²) in [6, 6.07) is 6.18. The maximum Gasteiger partial charge on any atom is 0.123 e. The molecule has 18 heavy (non-hydrogen) atoms. The van der Waals surface area contributed by atoms with Crippen LogP contribution in [-0.2, 0) is 16.8 Å². The minimum Gasteiger partial charge on any atom is -0.496 e. The third kappa shape index (κ3) is 2.25. The van der Waals surface area contributed by atoms with Gasteiger partial charge in [-0.15, -0.1) is 0 Å². The first-order valence-electron chi connectivity index (χ1n) is 6.63. The topological polar surface area (TPSA) is 44.5 Å². The number of benzene rings is 1. The minimum atomic E-state index is 0.0838. The molecule has 0 radical (unpaired) electrons. The van der Waals surface area contributed by atoms with Crippen LogP contribution in [0.5, 0.6) is 5.75 Å². The van der Waals surface area contributed by atoms with E-state index in [1.165, 1.54) is 24.0 Å². The van der Waals surface area contributed by atoms with Crippen LogP contribution in [0.25, 0.3) is 0 Å². The smallest absolute Gasteiger partial charge is 0.123 e. The fraction of sp³-hybridized carbons (Fsp3) is 0.600. The molecule has 1 aliphatic rings. The zero-order chi connectivity index (χ0) is 13.0. The molecule has 0 unspecified atom stereocenters. The third-order valence-corrected chi connectivity index (χ3v) is 4.11. The van der Waals surface area contributed by atoms with E-state index in [-0.39, 0.29) is 5.41 Å². The lowest BCUT2D eigenvalue weighted by Gasteiger charge is -2.31. The Morgan fingerprint density at radius 1 is 1.22 bits per heavy atom. The third-order valence-electron chi connectivity index (χ3n) is 4.11. The van der Waals surface area contributed by atoms with E-state index in [1.807, 2.05) is 12.1 Å². The van der Waals surface area contributed by atoms with Gasteiger partial charge in [-0.25, -0.2) is 0 Å². The molecule has 0 aromatic heterocycles. The minimum absolute atomic E-state index is 0.0838. The Labute approximate surface area is 109 Å². The standard InChI is InChI=1S/C15H23NO2/c1-17-10-12-6-5-7-13(18-2)14(12)15(11-16)8-3-4-9-15/h5-7H,3-4,8-11,16H2,1-2H3. The van der Waals surface area contributed by atoms with Crippen LogP contribution in [0.1, 0.15) is 36.8 Å². The molecule has 0 atom stereocenters. The summed E-state index contributed by atoms with van der Waals surface area (Å²) in [5.74, 6) is 0.955. The molecular formula is C15H23NO2. The lowest BCUT2D eigenvalue weighted by Crippen LogP contribution is -2.33. The van der Waals surface area contributed by atoms with Crippen LogP contribution in [0.15, 0.2) is 18.2 Å². The molecule has 1 aromatic rings. The van der Waals surface area contributed by atoms with Gasteiger partial charge in [0, 0.05) is 24.6 Å². The number of rotatable bonds is 5. The van der Waals surface area contributed by atoms with Gasteiger partial charge in [-0.3, -0.25) is 0 Å². The highest BCUT2D eigenvalue weighted by molar-refractivity contribution is 5.46. The van der Waals surface area contributed by atoms with Gasteiger partial charge in [0.25, 0.3) is 0 Å². The molecule has 0 bridgehead atoms. The van der Waals surface area contributed by atoms with Crippen LogP contribution in [0.2, 0.25) is 0 Å².